The summed E-state index contributed by atoms with van der Waals surface area (Å²) in [5.41, 5.74) is 2.78. The molecule has 0 saturated heterocycles. The number of aryl methyl sites for hydroxylation is 1. The standard InChI is InChI=1S/C15H9ClFN3/c1-20-14-5-2-9(8-18)6-13(14)19-15(20)10-3-4-11(16)12(17)7-10/h2-7H,1H3. The zero-order valence-electron chi connectivity index (χ0n) is 10.6. The van der Waals surface area contributed by atoms with Gasteiger partial charge >= 0.3 is 0 Å². The molecule has 0 aliphatic heterocycles. The van der Waals surface area contributed by atoms with Crippen LogP contribution >= 0.6 is 11.6 Å². The second-order valence-electron chi connectivity index (χ2n) is 4.44. The van der Waals surface area contributed by atoms with Crippen molar-refractivity contribution in [3.05, 3.63) is 52.8 Å². The predicted octanol–water partition coefficient (Wildman–Crippen LogP) is 3.90. The lowest BCUT2D eigenvalue weighted by atomic mass is 10.2. The SMILES string of the molecule is Cn1c(-c2ccc(Cl)c(F)c2)nc2cc(C#N)ccc21. The number of fused-ring (bicyclic) bond motifs is 1. The maximum atomic E-state index is 13.6. The van der Waals surface area contributed by atoms with Gasteiger partial charge in [-0.3, -0.25) is 0 Å². The Bertz CT molecular complexity index is 861. The second-order valence-corrected chi connectivity index (χ2v) is 4.85. The number of nitriles is 1. The summed E-state index contributed by atoms with van der Waals surface area (Å²) in [4.78, 5) is 4.46. The molecule has 20 heavy (non-hydrogen) atoms. The van der Waals surface area contributed by atoms with Gasteiger partial charge in [-0.2, -0.15) is 5.26 Å². The van der Waals surface area contributed by atoms with E-state index in [0.29, 0.717) is 22.5 Å². The van der Waals surface area contributed by atoms with E-state index in [1.54, 1.807) is 18.2 Å². The fourth-order valence-electron chi connectivity index (χ4n) is 2.16. The summed E-state index contributed by atoms with van der Waals surface area (Å²) >= 11 is 5.69. The third-order valence-corrected chi connectivity index (χ3v) is 3.49. The van der Waals surface area contributed by atoms with Crippen LogP contribution in [0.15, 0.2) is 36.4 Å². The summed E-state index contributed by atoms with van der Waals surface area (Å²) in [6, 6.07) is 11.9. The topological polar surface area (TPSA) is 41.6 Å². The highest BCUT2D eigenvalue weighted by Gasteiger charge is 2.12. The first-order valence-electron chi connectivity index (χ1n) is 5.92. The molecule has 0 fully saturated rings. The number of hydrogen-bond acceptors (Lipinski definition) is 2. The van der Waals surface area contributed by atoms with Gasteiger partial charge in [-0.25, -0.2) is 9.37 Å². The van der Waals surface area contributed by atoms with Crippen LogP contribution in [0.4, 0.5) is 4.39 Å². The van der Waals surface area contributed by atoms with Gasteiger partial charge in [0.1, 0.15) is 11.6 Å². The molecule has 0 aliphatic rings. The van der Waals surface area contributed by atoms with Crippen LogP contribution in [0.2, 0.25) is 5.02 Å². The zero-order chi connectivity index (χ0) is 14.3. The van der Waals surface area contributed by atoms with Gasteiger partial charge in [0, 0.05) is 12.6 Å². The minimum atomic E-state index is -0.478. The van der Waals surface area contributed by atoms with Gasteiger partial charge < -0.3 is 4.57 Å². The van der Waals surface area contributed by atoms with E-state index in [4.69, 9.17) is 16.9 Å². The average Bonchev–Trinajstić information content (AvgIpc) is 2.78. The van der Waals surface area contributed by atoms with E-state index >= 15 is 0 Å². The molecule has 0 spiro atoms. The maximum Gasteiger partial charge on any atom is 0.142 e. The molecule has 3 aromatic rings. The highest BCUT2D eigenvalue weighted by molar-refractivity contribution is 6.30. The first-order chi connectivity index (χ1) is 9.60. The fourth-order valence-corrected chi connectivity index (χ4v) is 2.28. The van der Waals surface area contributed by atoms with Crippen molar-refractivity contribution in [1.29, 1.82) is 5.26 Å². The van der Waals surface area contributed by atoms with Crippen molar-refractivity contribution in [3.63, 3.8) is 0 Å². The molecule has 0 N–H and O–H groups in total. The van der Waals surface area contributed by atoms with E-state index in [-0.39, 0.29) is 5.02 Å². The number of aromatic nitrogens is 2. The Hall–Kier alpha value is -2.38. The van der Waals surface area contributed by atoms with E-state index in [1.807, 2.05) is 17.7 Å². The minimum Gasteiger partial charge on any atom is -0.327 e. The Labute approximate surface area is 119 Å². The summed E-state index contributed by atoms with van der Waals surface area (Å²) in [5, 5.41) is 8.99. The Kier molecular flexibility index (Phi) is 2.92. The second kappa shape index (κ2) is 4.62. The smallest absolute Gasteiger partial charge is 0.142 e. The number of hydrogen-bond donors (Lipinski definition) is 0. The quantitative estimate of drug-likeness (QED) is 0.680. The van der Waals surface area contributed by atoms with Gasteiger partial charge in [0.05, 0.1) is 27.7 Å². The Morgan fingerprint density at radius 2 is 2.05 bits per heavy atom. The summed E-state index contributed by atoms with van der Waals surface area (Å²) in [7, 11) is 1.85. The van der Waals surface area contributed by atoms with Crippen LogP contribution in [0.25, 0.3) is 22.4 Å². The summed E-state index contributed by atoms with van der Waals surface area (Å²) in [6.07, 6.45) is 0. The third kappa shape index (κ3) is 1.93. The predicted molar refractivity (Wildman–Crippen MR) is 75.8 cm³/mol. The van der Waals surface area contributed by atoms with Crippen molar-refractivity contribution >= 4 is 22.6 Å². The van der Waals surface area contributed by atoms with Crippen molar-refractivity contribution in [2.75, 3.05) is 0 Å². The van der Waals surface area contributed by atoms with Gasteiger partial charge in [-0.1, -0.05) is 11.6 Å². The molecule has 5 heteroatoms. The van der Waals surface area contributed by atoms with Gasteiger partial charge in [-0.05, 0) is 36.4 Å². The first-order valence-corrected chi connectivity index (χ1v) is 6.30. The van der Waals surface area contributed by atoms with E-state index in [9.17, 15) is 4.39 Å². The van der Waals surface area contributed by atoms with Crippen LogP contribution in [-0.2, 0) is 7.05 Å². The zero-order valence-corrected chi connectivity index (χ0v) is 11.3. The summed E-state index contributed by atoms with van der Waals surface area (Å²) in [6.45, 7) is 0. The van der Waals surface area contributed by atoms with E-state index in [2.05, 4.69) is 11.1 Å². The van der Waals surface area contributed by atoms with Crippen LogP contribution in [0.5, 0.6) is 0 Å². The number of rotatable bonds is 1. The molecule has 3 nitrogen and oxygen atoms in total. The molecule has 0 radical (unpaired) electrons. The molecule has 0 aliphatic carbocycles. The molecule has 0 bridgehead atoms. The number of nitrogens with zero attached hydrogens (tertiary/aromatic N) is 3. The Morgan fingerprint density at radius 1 is 1.25 bits per heavy atom. The molecular weight excluding hydrogens is 277 g/mol. The molecule has 98 valence electrons. The average molecular weight is 286 g/mol. The number of halogens is 2. The van der Waals surface area contributed by atoms with E-state index in [1.165, 1.54) is 12.1 Å². The Balaban J connectivity index is 2.23. The lowest BCUT2D eigenvalue weighted by Gasteiger charge is -2.03. The van der Waals surface area contributed by atoms with Crippen LogP contribution in [0, 0.1) is 17.1 Å². The van der Waals surface area contributed by atoms with E-state index < -0.39 is 5.82 Å². The molecule has 2 aromatic carbocycles. The first kappa shape index (κ1) is 12.6. The third-order valence-electron chi connectivity index (χ3n) is 3.19. The van der Waals surface area contributed by atoms with Gasteiger partial charge in [0.2, 0.25) is 0 Å². The van der Waals surface area contributed by atoms with Crippen LogP contribution in [-0.4, -0.2) is 9.55 Å². The maximum absolute atomic E-state index is 13.6. The molecule has 3 rings (SSSR count). The molecule has 1 aromatic heterocycles. The fraction of sp³-hybridized carbons (Fsp3) is 0.0667. The van der Waals surface area contributed by atoms with Crippen molar-refractivity contribution in [1.82, 2.24) is 9.55 Å². The lowest BCUT2D eigenvalue weighted by Crippen LogP contribution is -1.93. The monoisotopic (exact) mass is 285 g/mol. The largest absolute Gasteiger partial charge is 0.327 e. The molecule has 0 atom stereocenters. The number of imidazole rings is 1. The van der Waals surface area contributed by atoms with Crippen molar-refractivity contribution < 1.29 is 4.39 Å². The molecular formula is C15H9ClFN3. The van der Waals surface area contributed by atoms with E-state index in [0.717, 1.165) is 5.52 Å². The van der Waals surface area contributed by atoms with Crippen molar-refractivity contribution in [2.45, 2.75) is 0 Å². The minimum absolute atomic E-state index is 0.0827. The molecule has 0 saturated carbocycles. The summed E-state index contributed by atoms with van der Waals surface area (Å²) < 4.78 is 15.4. The van der Waals surface area contributed by atoms with Crippen molar-refractivity contribution in [3.8, 4) is 17.5 Å². The lowest BCUT2D eigenvalue weighted by molar-refractivity contribution is 0.628. The van der Waals surface area contributed by atoms with Gasteiger partial charge in [0.15, 0.2) is 0 Å². The number of benzene rings is 2. The normalized spacial score (nSPS) is 10.7. The Morgan fingerprint density at radius 3 is 2.75 bits per heavy atom. The highest BCUT2D eigenvalue weighted by Crippen LogP contribution is 2.27. The molecule has 0 unspecified atom stereocenters. The van der Waals surface area contributed by atoms with Gasteiger partial charge in [-0.15, -0.1) is 0 Å². The molecule has 1 heterocycles. The summed E-state index contributed by atoms with van der Waals surface area (Å²) in [5.74, 6) is 0.152. The van der Waals surface area contributed by atoms with Crippen molar-refractivity contribution in [2.24, 2.45) is 7.05 Å². The van der Waals surface area contributed by atoms with Crippen LogP contribution < -0.4 is 0 Å². The van der Waals surface area contributed by atoms with Crippen LogP contribution in [0.1, 0.15) is 5.56 Å². The van der Waals surface area contributed by atoms with Gasteiger partial charge in [0.25, 0.3) is 0 Å². The molecule has 0 amide bonds. The van der Waals surface area contributed by atoms with Crippen LogP contribution in [0.3, 0.4) is 0 Å². The highest BCUT2D eigenvalue weighted by atomic mass is 35.5.